The van der Waals surface area contributed by atoms with Gasteiger partial charge in [0.1, 0.15) is 13.1 Å². The third-order valence-corrected chi connectivity index (χ3v) is 2.33. The molecule has 0 aliphatic heterocycles. The van der Waals surface area contributed by atoms with Crippen LogP contribution in [0.2, 0.25) is 0 Å². The number of amides is 2. The molecule has 0 fully saturated rings. The second-order valence-electron chi connectivity index (χ2n) is 4.22. The summed E-state index contributed by atoms with van der Waals surface area (Å²) in [6, 6.07) is 0.664. The maximum absolute atomic E-state index is 11.8. The highest BCUT2D eigenvalue weighted by Gasteiger charge is 2.21. The number of aromatic nitrogens is 2. The summed E-state index contributed by atoms with van der Waals surface area (Å²) in [5, 5.41) is 23.8. The summed E-state index contributed by atoms with van der Waals surface area (Å²) >= 11 is 0. The highest BCUT2D eigenvalue weighted by molar-refractivity contribution is 5.84. The van der Waals surface area contributed by atoms with Crippen LogP contribution in [0.3, 0.4) is 0 Å². The van der Waals surface area contributed by atoms with E-state index >= 15 is 0 Å². The topological polar surface area (TPSA) is 125 Å². The molecule has 1 unspecified atom stereocenters. The van der Waals surface area contributed by atoms with Crippen LogP contribution in [0.15, 0.2) is 18.5 Å². The molecule has 0 saturated heterocycles. The lowest BCUT2D eigenvalue weighted by molar-refractivity contribution is -0.140. The van der Waals surface area contributed by atoms with Crippen LogP contribution in [0.5, 0.6) is 0 Å². The molecule has 0 spiro atoms. The van der Waals surface area contributed by atoms with Gasteiger partial charge in [0, 0.05) is 18.4 Å². The lowest BCUT2D eigenvalue weighted by Crippen LogP contribution is -2.48. The quantitative estimate of drug-likeness (QED) is 0.617. The molecule has 0 aliphatic carbocycles. The Morgan fingerprint density at radius 1 is 1.30 bits per heavy atom. The van der Waals surface area contributed by atoms with E-state index in [4.69, 9.17) is 10.2 Å². The van der Waals surface area contributed by atoms with E-state index < -0.39 is 31.1 Å². The number of carboxylic acids is 2. The zero-order valence-corrected chi connectivity index (χ0v) is 10.9. The fraction of sp³-hybridized carbons (Fsp3) is 0.455. The second-order valence-corrected chi connectivity index (χ2v) is 4.22. The molecule has 2 amide bonds. The monoisotopic (exact) mass is 284 g/mol. The minimum Gasteiger partial charge on any atom is -0.480 e. The van der Waals surface area contributed by atoms with Crippen molar-refractivity contribution < 1.29 is 24.6 Å². The largest absolute Gasteiger partial charge is 0.480 e. The van der Waals surface area contributed by atoms with E-state index in [1.807, 2.05) is 0 Å². The minimum atomic E-state index is -1.28. The molecule has 1 atom stereocenters. The third-order valence-electron chi connectivity index (χ3n) is 2.33. The van der Waals surface area contributed by atoms with E-state index in [1.54, 1.807) is 30.1 Å². The zero-order valence-electron chi connectivity index (χ0n) is 10.9. The molecule has 1 heterocycles. The fourth-order valence-corrected chi connectivity index (χ4v) is 1.56. The number of rotatable bonds is 7. The molecule has 9 heteroatoms. The third kappa shape index (κ3) is 5.38. The Morgan fingerprint density at radius 2 is 1.90 bits per heavy atom. The summed E-state index contributed by atoms with van der Waals surface area (Å²) in [6.45, 7) is 0.755. The Bertz CT molecular complexity index is 457. The van der Waals surface area contributed by atoms with Gasteiger partial charge in [-0.1, -0.05) is 0 Å². The number of carboxylic acid groups (broad SMARTS) is 2. The van der Waals surface area contributed by atoms with Crippen LogP contribution < -0.4 is 5.32 Å². The van der Waals surface area contributed by atoms with Gasteiger partial charge in [-0.05, 0) is 13.0 Å². The molecule has 0 aliphatic rings. The van der Waals surface area contributed by atoms with Crippen molar-refractivity contribution in [2.24, 2.45) is 0 Å². The first-order valence-corrected chi connectivity index (χ1v) is 5.85. The van der Waals surface area contributed by atoms with Crippen molar-refractivity contribution >= 4 is 18.0 Å². The van der Waals surface area contributed by atoms with E-state index in [9.17, 15) is 14.4 Å². The van der Waals surface area contributed by atoms with E-state index in [1.165, 1.54) is 0 Å². The summed E-state index contributed by atoms with van der Waals surface area (Å²) in [4.78, 5) is 33.7. The summed E-state index contributed by atoms with van der Waals surface area (Å²) in [7, 11) is 0. The zero-order chi connectivity index (χ0) is 15.1. The molecule has 1 rings (SSSR count). The molecule has 9 nitrogen and oxygen atoms in total. The SMILES string of the molecule is CC(Cn1cccn1)NC(=O)N(CC(=O)O)CC(=O)O. The number of hydrogen-bond acceptors (Lipinski definition) is 4. The van der Waals surface area contributed by atoms with E-state index in [0.29, 0.717) is 11.4 Å². The molecule has 3 N–H and O–H groups in total. The van der Waals surface area contributed by atoms with E-state index in [2.05, 4.69) is 10.4 Å². The number of hydrogen-bond donors (Lipinski definition) is 3. The van der Waals surface area contributed by atoms with Gasteiger partial charge in [-0.15, -0.1) is 0 Å². The Labute approximate surface area is 114 Å². The van der Waals surface area contributed by atoms with Crippen molar-refractivity contribution in [1.82, 2.24) is 20.0 Å². The van der Waals surface area contributed by atoms with Crippen molar-refractivity contribution in [2.75, 3.05) is 13.1 Å². The van der Waals surface area contributed by atoms with Crippen molar-refractivity contribution in [3.8, 4) is 0 Å². The highest BCUT2D eigenvalue weighted by Crippen LogP contribution is 1.95. The Morgan fingerprint density at radius 3 is 2.35 bits per heavy atom. The van der Waals surface area contributed by atoms with Gasteiger partial charge >= 0.3 is 18.0 Å². The molecule has 0 bridgehead atoms. The average molecular weight is 284 g/mol. The van der Waals surface area contributed by atoms with Gasteiger partial charge in [-0.2, -0.15) is 5.10 Å². The van der Waals surface area contributed by atoms with Crippen LogP contribution in [0, 0.1) is 0 Å². The lowest BCUT2D eigenvalue weighted by Gasteiger charge is -2.22. The molecular formula is C11H16N4O5. The van der Waals surface area contributed by atoms with Crippen molar-refractivity contribution in [2.45, 2.75) is 19.5 Å². The molecule has 0 aromatic carbocycles. The molecule has 20 heavy (non-hydrogen) atoms. The summed E-state index contributed by atoms with van der Waals surface area (Å²) in [5.74, 6) is -2.55. The molecule has 110 valence electrons. The van der Waals surface area contributed by atoms with Gasteiger partial charge in [0.05, 0.1) is 6.54 Å². The van der Waals surface area contributed by atoms with Gasteiger partial charge in [0.15, 0.2) is 0 Å². The smallest absolute Gasteiger partial charge is 0.323 e. The molecular weight excluding hydrogens is 268 g/mol. The predicted octanol–water partition coefficient (Wildman–Crippen LogP) is -0.548. The summed E-state index contributed by atoms with van der Waals surface area (Å²) in [5.41, 5.74) is 0. The number of carbonyl (C=O) groups excluding carboxylic acids is 1. The van der Waals surface area contributed by atoms with Gasteiger partial charge in [0.25, 0.3) is 0 Å². The van der Waals surface area contributed by atoms with E-state index in [0.717, 1.165) is 0 Å². The maximum atomic E-state index is 11.8. The predicted molar refractivity (Wildman–Crippen MR) is 67.1 cm³/mol. The van der Waals surface area contributed by atoms with Crippen molar-refractivity contribution in [1.29, 1.82) is 0 Å². The standard InChI is InChI=1S/C11H16N4O5/c1-8(5-15-4-2-3-12-15)13-11(20)14(6-9(16)17)7-10(18)19/h2-4,8H,5-7H2,1H3,(H,13,20)(H,16,17)(H,18,19). The highest BCUT2D eigenvalue weighted by atomic mass is 16.4. The van der Waals surface area contributed by atoms with Crippen LogP contribution >= 0.6 is 0 Å². The fourth-order valence-electron chi connectivity index (χ4n) is 1.56. The average Bonchev–Trinajstić information content (AvgIpc) is 2.79. The lowest BCUT2D eigenvalue weighted by atomic mass is 10.3. The van der Waals surface area contributed by atoms with Gasteiger partial charge in [-0.25, -0.2) is 4.79 Å². The number of nitrogens with one attached hydrogen (secondary N) is 1. The van der Waals surface area contributed by atoms with Gasteiger partial charge in [-0.3, -0.25) is 14.3 Å². The number of nitrogens with zero attached hydrogens (tertiary/aromatic N) is 3. The van der Waals surface area contributed by atoms with Crippen LogP contribution in [-0.2, 0) is 16.1 Å². The minimum absolute atomic E-state index is 0.326. The molecule has 0 radical (unpaired) electrons. The van der Waals surface area contributed by atoms with Crippen LogP contribution in [0.1, 0.15) is 6.92 Å². The number of carbonyl (C=O) groups is 3. The Kier molecular flexibility index (Phi) is 5.51. The molecule has 0 saturated carbocycles. The van der Waals surface area contributed by atoms with Crippen LogP contribution in [-0.4, -0.2) is 62.0 Å². The summed E-state index contributed by atoms with van der Waals surface area (Å²) in [6.07, 6.45) is 3.31. The van der Waals surface area contributed by atoms with Crippen LogP contribution in [0.25, 0.3) is 0 Å². The van der Waals surface area contributed by atoms with Gasteiger partial charge < -0.3 is 20.4 Å². The first-order valence-electron chi connectivity index (χ1n) is 5.85. The first-order chi connectivity index (χ1) is 9.38. The number of aliphatic carboxylic acids is 2. The summed E-state index contributed by atoms with van der Waals surface area (Å²) < 4.78 is 1.60. The number of urea groups is 1. The van der Waals surface area contributed by atoms with Crippen molar-refractivity contribution in [3.63, 3.8) is 0 Å². The molecule has 1 aromatic heterocycles. The second kappa shape index (κ2) is 7.12. The first kappa shape index (κ1) is 15.5. The normalized spacial score (nSPS) is 11.7. The van der Waals surface area contributed by atoms with Gasteiger partial charge in [0.2, 0.25) is 0 Å². The van der Waals surface area contributed by atoms with Crippen LogP contribution in [0.4, 0.5) is 4.79 Å². The van der Waals surface area contributed by atoms with Crippen molar-refractivity contribution in [3.05, 3.63) is 18.5 Å². The van der Waals surface area contributed by atoms with E-state index in [-0.39, 0.29) is 6.04 Å². The molecule has 1 aromatic rings. The Balaban J connectivity index is 2.55. The maximum Gasteiger partial charge on any atom is 0.323 e. The Hall–Kier alpha value is -2.58.